The highest BCUT2D eigenvalue weighted by atomic mass is 16.5. The average Bonchev–Trinajstić information content (AvgIpc) is 2.43. The Morgan fingerprint density at radius 3 is 2.74 bits per heavy atom. The largest absolute Gasteiger partial charge is 0.374 e. The van der Waals surface area contributed by atoms with Crippen LogP contribution in [0.4, 0.5) is 0 Å². The van der Waals surface area contributed by atoms with Gasteiger partial charge in [0.05, 0.1) is 12.7 Å². The van der Waals surface area contributed by atoms with E-state index in [2.05, 4.69) is 48.3 Å². The monoisotopic (exact) mass is 262 g/mol. The highest BCUT2D eigenvalue weighted by Crippen LogP contribution is 2.26. The summed E-state index contributed by atoms with van der Waals surface area (Å²) in [6.07, 6.45) is 1.47. The van der Waals surface area contributed by atoms with Gasteiger partial charge in [0.1, 0.15) is 0 Å². The standard InChI is InChI=1S/C16H26N2O/c1-4-16(14-7-5-13(2)6-8-14)18-9-10-19-15(12-18)11-17-3/h5-8,15-17H,4,9-12H2,1-3H3. The zero-order valence-electron chi connectivity index (χ0n) is 12.4. The minimum atomic E-state index is 0.318. The Labute approximate surface area is 116 Å². The molecule has 1 aliphatic heterocycles. The second-order valence-corrected chi connectivity index (χ2v) is 5.38. The SMILES string of the molecule is CCC(c1ccc(C)cc1)N1CCOC(CNC)C1. The summed E-state index contributed by atoms with van der Waals surface area (Å²) in [7, 11) is 1.99. The van der Waals surface area contributed by atoms with Gasteiger partial charge in [-0.25, -0.2) is 0 Å². The maximum atomic E-state index is 5.79. The predicted molar refractivity (Wildman–Crippen MR) is 79.5 cm³/mol. The Morgan fingerprint density at radius 1 is 1.37 bits per heavy atom. The van der Waals surface area contributed by atoms with Crippen LogP contribution in [0.1, 0.15) is 30.5 Å². The lowest BCUT2D eigenvalue weighted by molar-refractivity contribution is -0.0423. The molecule has 1 fully saturated rings. The molecule has 0 bridgehead atoms. The number of benzene rings is 1. The van der Waals surface area contributed by atoms with E-state index >= 15 is 0 Å². The van der Waals surface area contributed by atoms with E-state index < -0.39 is 0 Å². The summed E-state index contributed by atoms with van der Waals surface area (Å²) in [6, 6.07) is 9.48. The van der Waals surface area contributed by atoms with Crippen LogP contribution in [0.2, 0.25) is 0 Å². The van der Waals surface area contributed by atoms with E-state index in [4.69, 9.17) is 4.74 Å². The summed E-state index contributed by atoms with van der Waals surface area (Å²) in [5, 5.41) is 3.21. The van der Waals surface area contributed by atoms with Gasteiger partial charge >= 0.3 is 0 Å². The minimum absolute atomic E-state index is 0.318. The molecule has 0 saturated carbocycles. The second kappa shape index (κ2) is 7.04. The molecule has 19 heavy (non-hydrogen) atoms. The van der Waals surface area contributed by atoms with Crippen LogP contribution in [-0.2, 0) is 4.74 Å². The molecule has 2 unspecified atom stereocenters. The number of nitrogens with one attached hydrogen (secondary N) is 1. The fourth-order valence-corrected chi connectivity index (χ4v) is 2.87. The Bertz CT molecular complexity index is 375. The summed E-state index contributed by atoms with van der Waals surface area (Å²) in [5.74, 6) is 0. The lowest BCUT2D eigenvalue weighted by Crippen LogP contribution is -2.47. The van der Waals surface area contributed by atoms with E-state index in [9.17, 15) is 0 Å². The normalized spacial score (nSPS) is 22.4. The number of ether oxygens (including phenoxy) is 1. The molecule has 0 radical (unpaired) electrons. The van der Waals surface area contributed by atoms with Gasteiger partial charge in [-0.3, -0.25) is 4.90 Å². The van der Waals surface area contributed by atoms with Crippen LogP contribution < -0.4 is 5.32 Å². The highest BCUT2D eigenvalue weighted by Gasteiger charge is 2.25. The van der Waals surface area contributed by atoms with Gasteiger partial charge in [-0.05, 0) is 26.0 Å². The lowest BCUT2D eigenvalue weighted by atomic mass is 10.0. The first-order valence-electron chi connectivity index (χ1n) is 7.31. The van der Waals surface area contributed by atoms with Gasteiger partial charge in [0, 0.05) is 25.7 Å². The van der Waals surface area contributed by atoms with Crippen molar-refractivity contribution >= 4 is 0 Å². The Balaban J connectivity index is 2.06. The zero-order chi connectivity index (χ0) is 13.7. The highest BCUT2D eigenvalue weighted by molar-refractivity contribution is 5.24. The molecule has 2 atom stereocenters. The van der Waals surface area contributed by atoms with Gasteiger partial charge in [-0.2, -0.15) is 0 Å². The lowest BCUT2D eigenvalue weighted by Gasteiger charge is -2.38. The van der Waals surface area contributed by atoms with E-state index in [0.717, 1.165) is 32.7 Å². The average molecular weight is 262 g/mol. The van der Waals surface area contributed by atoms with Crippen LogP contribution in [0.5, 0.6) is 0 Å². The van der Waals surface area contributed by atoms with Gasteiger partial charge in [0.25, 0.3) is 0 Å². The Hall–Kier alpha value is -0.900. The van der Waals surface area contributed by atoms with Crippen molar-refractivity contribution in [2.24, 2.45) is 0 Å². The smallest absolute Gasteiger partial charge is 0.0826 e. The van der Waals surface area contributed by atoms with Crippen molar-refractivity contribution in [3.8, 4) is 0 Å². The summed E-state index contributed by atoms with van der Waals surface area (Å²) in [5.41, 5.74) is 2.76. The second-order valence-electron chi connectivity index (χ2n) is 5.38. The van der Waals surface area contributed by atoms with Crippen LogP contribution >= 0.6 is 0 Å². The summed E-state index contributed by atoms with van der Waals surface area (Å²) in [4.78, 5) is 2.57. The summed E-state index contributed by atoms with van der Waals surface area (Å²) in [6.45, 7) is 8.24. The molecule has 1 saturated heterocycles. The predicted octanol–water partition coefficient (Wildman–Crippen LogP) is 2.37. The van der Waals surface area contributed by atoms with Gasteiger partial charge in [-0.1, -0.05) is 36.8 Å². The van der Waals surface area contributed by atoms with Crippen LogP contribution in [0, 0.1) is 6.92 Å². The summed E-state index contributed by atoms with van der Waals surface area (Å²) < 4.78 is 5.79. The molecule has 0 amide bonds. The molecule has 0 aliphatic carbocycles. The van der Waals surface area contributed by atoms with Crippen LogP contribution in [0.25, 0.3) is 0 Å². The molecule has 3 nitrogen and oxygen atoms in total. The maximum absolute atomic E-state index is 5.79. The third kappa shape index (κ3) is 3.78. The topological polar surface area (TPSA) is 24.5 Å². The quantitative estimate of drug-likeness (QED) is 0.881. The van der Waals surface area contributed by atoms with Crippen molar-refractivity contribution < 1.29 is 4.74 Å². The van der Waals surface area contributed by atoms with Crippen LogP contribution in [0.15, 0.2) is 24.3 Å². The number of aryl methyl sites for hydroxylation is 1. The fourth-order valence-electron chi connectivity index (χ4n) is 2.87. The Morgan fingerprint density at radius 2 is 2.11 bits per heavy atom. The van der Waals surface area contributed by atoms with E-state index in [1.807, 2.05) is 7.05 Å². The fraction of sp³-hybridized carbons (Fsp3) is 0.625. The van der Waals surface area contributed by atoms with E-state index in [1.54, 1.807) is 0 Å². The Kier molecular flexibility index (Phi) is 5.37. The van der Waals surface area contributed by atoms with E-state index in [1.165, 1.54) is 11.1 Å². The molecule has 2 rings (SSSR count). The molecule has 1 aromatic carbocycles. The minimum Gasteiger partial charge on any atom is -0.374 e. The molecule has 1 aromatic rings. The number of hydrogen-bond donors (Lipinski definition) is 1. The molecule has 106 valence electrons. The number of rotatable bonds is 5. The van der Waals surface area contributed by atoms with Crippen LogP contribution in [-0.4, -0.2) is 44.3 Å². The van der Waals surface area contributed by atoms with Gasteiger partial charge in [0.15, 0.2) is 0 Å². The molecular weight excluding hydrogens is 236 g/mol. The molecule has 1 N–H and O–H groups in total. The van der Waals surface area contributed by atoms with Gasteiger partial charge in [0.2, 0.25) is 0 Å². The van der Waals surface area contributed by atoms with Gasteiger partial charge < -0.3 is 10.1 Å². The van der Waals surface area contributed by atoms with Crippen molar-refractivity contribution in [1.29, 1.82) is 0 Å². The molecule has 3 heteroatoms. The molecule has 0 aromatic heterocycles. The first-order valence-corrected chi connectivity index (χ1v) is 7.31. The molecule has 0 spiro atoms. The van der Waals surface area contributed by atoms with Crippen molar-refractivity contribution in [2.75, 3.05) is 33.3 Å². The van der Waals surface area contributed by atoms with Crippen molar-refractivity contribution in [3.63, 3.8) is 0 Å². The molecule has 1 aliphatic rings. The third-order valence-corrected chi connectivity index (χ3v) is 3.89. The number of hydrogen-bond acceptors (Lipinski definition) is 3. The number of morpholine rings is 1. The number of likely N-dealkylation sites (N-methyl/N-ethyl adjacent to an activating group) is 1. The van der Waals surface area contributed by atoms with E-state index in [0.29, 0.717) is 12.1 Å². The van der Waals surface area contributed by atoms with Crippen molar-refractivity contribution in [1.82, 2.24) is 10.2 Å². The first kappa shape index (κ1) is 14.5. The summed E-state index contributed by atoms with van der Waals surface area (Å²) >= 11 is 0. The van der Waals surface area contributed by atoms with Crippen molar-refractivity contribution in [2.45, 2.75) is 32.4 Å². The maximum Gasteiger partial charge on any atom is 0.0826 e. The molecule has 1 heterocycles. The zero-order valence-corrected chi connectivity index (χ0v) is 12.4. The van der Waals surface area contributed by atoms with Crippen molar-refractivity contribution in [3.05, 3.63) is 35.4 Å². The van der Waals surface area contributed by atoms with Gasteiger partial charge in [-0.15, -0.1) is 0 Å². The molecular formula is C16H26N2O. The van der Waals surface area contributed by atoms with Crippen LogP contribution in [0.3, 0.4) is 0 Å². The third-order valence-electron chi connectivity index (χ3n) is 3.89. The van der Waals surface area contributed by atoms with E-state index in [-0.39, 0.29) is 0 Å². The first-order chi connectivity index (χ1) is 9.24. The number of nitrogens with zero attached hydrogens (tertiary/aromatic N) is 1.